The van der Waals surface area contributed by atoms with Crippen molar-refractivity contribution in [1.29, 1.82) is 0 Å². The van der Waals surface area contributed by atoms with Gasteiger partial charge < -0.3 is 0 Å². The van der Waals surface area contributed by atoms with E-state index in [0.29, 0.717) is 15.8 Å². The van der Waals surface area contributed by atoms with Gasteiger partial charge in [0, 0.05) is 0 Å². The molecule has 0 aromatic carbocycles. The molecule has 6 saturated carbocycles. The Hall–Kier alpha value is 1.93. The first kappa shape index (κ1) is 36.8. The minimum absolute atomic E-state index is 0.385. The third-order valence-electron chi connectivity index (χ3n) is 12.0. The maximum atomic E-state index is 5.07. The zero-order chi connectivity index (χ0) is 29.4. The molecule has 0 bridgehead atoms. The van der Waals surface area contributed by atoms with Crippen LogP contribution < -0.4 is 0 Å². The van der Waals surface area contributed by atoms with Gasteiger partial charge in [-0.25, -0.2) is 0 Å². The molecule has 5 heteroatoms. The van der Waals surface area contributed by atoms with Crippen LogP contribution in [0.15, 0.2) is 0 Å². The van der Waals surface area contributed by atoms with E-state index in [-0.39, 0.29) is 0 Å². The molecule has 0 heterocycles. The van der Waals surface area contributed by atoms with Crippen LogP contribution in [0.4, 0.5) is 0 Å². The fraction of sp³-hybridized carbons (Fsp3) is 0.973. The van der Waals surface area contributed by atoms with Crippen LogP contribution in [0.25, 0.3) is 0 Å². The summed E-state index contributed by atoms with van der Waals surface area (Å²) in [5, 5.41) is 3.31. The van der Waals surface area contributed by atoms with Crippen LogP contribution >= 0.6 is 35.2 Å². The average molecular weight is 747 g/mol. The molecule has 6 aliphatic rings. The quantitative estimate of drug-likeness (QED) is 0.188. The van der Waals surface area contributed by atoms with Crippen molar-refractivity contribution in [3.63, 3.8) is 0 Å². The molecule has 0 atom stereocenters. The van der Waals surface area contributed by atoms with Crippen LogP contribution in [0.2, 0.25) is 0 Å². The van der Waals surface area contributed by atoms with Crippen LogP contribution in [0.1, 0.15) is 193 Å². The van der Waals surface area contributed by atoms with E-state index < -0.39 is 13.5 Å². The summed E-state index contributed by atoms with van der Waals surface area (Å²) >= 11 is -1.48. The van der Waals surface area contributed by atoms with Gasteiger partial charge in [-0.15, -0.1) is 0 Å². The van der Waals surface area contributed by atoms with Crippen molar-refractivity contribution in [2.45, 2.75) is 227 Å². The Labute approximate surface area is 278 Å². The van der Waals surface area contributed by atoms with E-state index in [9.17, 15) is 0 Å². The topological polar surface area (TPSA) is 0 Å². The van der Waals surface area contributed by atoms with E-state index in [0.717, 1.165) is 0 Å². The van der Waals surface area contributed by atoms with Crippen molar-refractivity contribution < 1.29 is 13.5 Å². The number of hydrogen-bond acceptors (Lipinski definition) is 0. The minimum atomic E-state index is -1.48. The van der Waals surface area contributed by atoms with Crippen LogP contribution in [0, 0.1) is 0 Å². The summed E-state index contributed by atoms with van der Waals surface area (Å²) in [6, 6.07) is 0. The molecule has 42 heavy (non-hydrogen) atoms. The summed E-state index contributed by atoms with van der Waals surface area (Å²) in [4.78, 5) is 0. The molecular weight excluding hydrogens is 678 g/mol. The Morgan fingerprint density at radius 2 is 0.429 bits per heavy atom. The monoisotopic (exact) mass is 746 g/mol. The van der Waals surface area contributed by atoms with Crippen LogP contribution in [0.5, 0.6) is 0 Å². The van der Waals surface area contributed by atoms with E-state index in [1.807, 2.05) is 0 Å². The molecule has 248 valence electrons. The molecular formula is C37H68Cl2P2Ru. The van der Waals surface area contributed by atoms with Gasteiger partial charge in [-0.1, -0.05) is 131 Å². The van der Waals surface area contributed by atoms with Gasteiger partial charge >= 0.3 is 38.0 Å². The molecule has 0 aliphatic heterocycles. The molecule has 0 aromatic rings. The average Bonchev–Trinajstić information content (AvgIpc) is 3.05. The van der Waals surface area contributed by atoms with Crippen LogP contribution in [-0.4, -0.2) is 39.1 Å². The molecule has 6 aliphatic carbocycles. The summed E-state index contributed by atoms with van der Waals surface area (Å²) in [7, 11) is 10.9. The van der Waals surface area contributed by atoms with Gasteiger partial charge in [0.1, 0.15) is 0 Å². The fourth-order valence-electron chi connectivity index (χ4n) is 10.1. The van der Waals surface area contributed by atoms with E-state index in [4.69, 9.17) is 19.4 Å². The molecule has 0 amide bonds. The van der Waals surface area contributed by atoms with Gasteiger partial charge in [-0.2, -0.15) is 0 Å². The van der Waals surface area contributed by atoms with E-state index in [1.165, 1.54) is 72.5 Å². The molecule has 0 nitrogen and oxygen atoms in total. The van der Waals surface area contributed by atoms with Gasteiger partial charge in [0.05, 0.1) is 0 Å². The van der Waals surface area contributed by atoms with Crippen LogP contribution in [-0.2, 0) is 13.5 Å². The Bertz CT molecular complexity index is 555. The van der Waals surface area contributed by atoms with Gasteiger partial charge in [-0.05, 0) is 111 Å². The Balaban J connectivity index is 0.000000171. The molecule has 0 aromatic heterocycles. The zero-order valence-corrected chi connectivity index (χ0v) is 32.4. The third-order valence-corrected chi connectivity index (χ3v) is 20.1. The number of rotatable bonds is 6. The second-order valence-electron chi connectivity index (χ2n) is 14.9. The SMILES string of the molecule is C1CCC(P(C2CCCCC2)C2CCCCC2)CC1.C1CCC(P(C2CCCCC2)C2CCCCC2)CC1.[CH2]=[Ru]([Cl])[Cl]. The summed E-state index contributed by atoms with van der Waals surface area (Å²) in [6.45, 7) is 0. The van der Waals surface area contributed by atoms with Crippen molar-refractivity contribution in [3.05, 3.63) is 0 Å². The second-order valence-corrected chi connectivity index (χ2v) is 26.9. The Kier molecular flexibility index (Phi) is 19.0. The van der Waals surface area contributed by atoms with E-state index in [2.05, 4.69) is 5.11 Å². The molecule has 6 rings (SSSR count). The van der Waals surface area contributed by atoms with Crippen molar-refractivity contribution in [1.82, 2.24) is 0 Å². The van der Waals surface area contributed by atoms with Crippen molar-refractivity contribution >= 4 is 40.3 Å². The molecule has 0 unspecified atom stereocenters. The summed E-state index contributed by atoms with van der Waals surface area (Å²) < 4.78 is 0. The van der Waals surface area contributed by atoms with Crippen molar-refractivity contribution in [2.24, 2.45) is 0 Å². The normalized spacial score (nSPS) is 27.2. The predicted octanol–water partition coefficient (Wildman–Crippen LogP) is 14.3. The summed E-state index contributed by atoms with van der Waals surface area (Å²) in [5.41, 5.74) is 7.14. The first-order chi connectivity index (χ1) is 20.6. The third kappa shape index (κ3) is 12.9. The van der Waals surface area contributed by atoms with Crippen LogP contribution in [0.3, 0.4) is 0 Å². The van der Waals surface area contributed by atoms with Crippen molar-refractivity contribution in [3.8, 4) is 0 Å². The molecule has 0 N–H and O–H groups in total. The fourth-order valence-corrected chi connectivity index (χ4v) is 19.4. The standard InChI is InChI=1S/2C18H33P.CH2.2ClH.Ru/c2*1-4-10-16(11-5-1)19(17-12-6-2-7-13-17)18-14-8-3-9-15-18;;;;/h2*16-18H,1-15H2;1H2;2*1H;/q;;;;;+2/p-2. The van der Waals surface area contributed by atoms with E-state index >= 15 is 0 Å². The number of halogens is 2. The van der Waals surface area contributed by atoms with Gasteiger partial charge in [0.25, 0.3) is 0 Å². The maximum absolute atomic E-state index is 5.07. The van der Waals surface area contributed by atoms with Gasteiger partial charge in [0.2, 0.25) is 0 Å². The molecule has 0 spiro atoms. The van der Waals surface area contributed by atoms with Crippen molar-refractivity contribution in [2.75, 3.05) is 0 Å². The van der Waals surface area contributed by atoms with E-state index in [1.54, 1.807) is 154 Å². The molecule has 0 saturated heterocycles. The number of hydrogen-bond donors (Lipinski definition) is 0. The summed E-state index contributed by atoms with van der Waals surface area (Å²) in [6.07, 6.45) is 47.2. The predicted molar refractivity (Wildman–Crippen MR) is 194 cm³/mol. The zero-order valence-electron chi connectivity index (χ0n) is 27.4. The summed E-state index contributed by atoms with van der Waals surface area (Å²) in [5.74, 6) is 0. The Morgan fingerprint density at radius 3 is 0.548 bits per heavy atom. The van der Waals surface area contributed by atoms with Gasteiger partial charge in [0.15, 0.2) is 0 Å². The molecule has 6 fully saturated rings. The molecule has 0 radical (unpaired) electrons. The van der Waals surface area contributed by atoms with Gasteiger partial charge in [-0.3, -0.25) is 0 Å². The Morgan fingerprint density at radius 1 is 0.310 bits per heavy atom. The second kappa shape index (κ2) is 21.7. The first-order valence-corrected chi connectivity index (χ1v) is 27.8. The first-order valence-electron chi connectivity index (χ1n) is 19.0.